The summed E-state index contributed by atoms with van der Waals surface area (Å²) in [4.78, 5) is 15.6. The van der Waals surface area contributed by atoms with E-state index < -0.39 is 0 Å². The van der Waals surface area contributed by atoms with Crippen molar-refractivity contribution >= 4 is 17.6 Å². The average Bonchev–Trinajstić information content (AvgIpc) is 2.46. The van der Waals surface area contributed by atoms with Crippen LogP contribution in [0.2, 0.25) is 5.02 Å². The second-order valence-corrected chi connectivity index (χ2v) is 4.64. The molecule has 0 amide bonds. The SMILES string of the molecule is COC(=O)c1ccc(-c2cnc(OC)c(Cl)c2)c(C)c1. The van der Waals surface area contributed by atoms with E-state index in [1.165, 1.54) is 14.2 Å². The van der Waals surface area contributed by atoms with E-state index in [1.54, 1.807) is 24.4 Å². The molecule has 5 heteroatoms. The maximum atomic E-state index is 11.5. The Balaban J connectivity index is 2.43. The Morgan fingerprint density at radius 2 is 2.00 bits per heavy atom. The minimum absolute atomic E-state index is 0.356. The lowest BCUT2D eigenvalue weighted by atomic mass is 10.00. The maximum absolute atomic E-state index is 11.5. The number of methoxy groups -OCH3 is 2. The predicted molar refractivity (Wildman–Crippen MR) is 77.3 cm³/mol. The molecule has 4 nitrogen and oxygen atoms in total. The monoisotopic (exact) mass is 291 g/mol. The van der Waals surface area contributed by atoms with Gasteiger partial charge in [0, 0.05) is 11.8 Å². The van der Waals surface area contributed by atoms with Crippen molar-refractivity contribution in [2.45, 2.75) is 6.92 Å². The van der Waals surface area contributed by atoms with Gasteiger partial charge >= 0.3 is 5.97 Å². The van der Waals surface area contributed by atoms with Crippen molar-refractivity contribution in [3.05, 3.63) is 46.6 Å². The first-order chi connectivity index (χ1) is 9.56. The minimum Gasteiger partial charge on any atom is -0.480 e. The topological polar surface area (TPSA) is 48.4 Å². The van der Waals surface area contributed by atoms with E-state index in [9.17, 15) is 4.79 Å². The number of carbonyl (C=O) groups is 1. The van der Waals surface area contributed by atoms with E-state index in [0.717, 1.165) is 16.7 Å². The highest BCUT2D eigenvalue weighted by Crippen LogP contribution is 2.30. The van der Waals surface area contributed by atoms with Crippen LogP contribution in [0.1, 0.15) is 15.9 Å². The molecular weight excluding hydrogens is 278 g/mol. The summed E-state index contributed by atoms with van der Waals surface area (Å²) in [6.07, 6.45) is 1.69. The Labute approximate surface area is 122 Å². The van der Waals surface area contributed by atoms with E-state index >= 15 is 0 Å². The predicted octanol–water partition coefficient (Wildman–Crippen LogP) is 3.51. The van der Waals surface area contributed by atoms with Crippen molar-refractivity contribution in [1.82, 2.24) is 4.98 Å². The van der Waals surface area contributed by atoms with Crippen LogP contribution in [0.3, 0.4) is 0 Å². The largest absolute Gasteiger partial charge is 0.480 e. The highest BCUT2D eigenvalue weighted by Gasteiger charge is 2.11. The second-order valence-electron chi connectivity index (χ2n) is 4.24. The van der Waals surface area contributed by atoms with Crippen LogP contribution >= 0.6 is 11.6 Å². The van der Waals surface area contributed by atoms with Gasteiger partial charge in [-0.05, 0) is 36.2 Å². The van der Waals surface area contributed by atoms with Gasteiger partial charge in [0.15, 0.2) is 0 Å². The number of aryl methyl sites for hydroxylation is 1. The summed E-state index contributed by atoms with van der Waals surface area (Å²) in [5, 5.41) is 0.446. The Morgan fingerprint density at radius 1 is 1.25 bits per heavy atom. The van der Waals surface area contributed by atoms with Gasteiger partial charge in [0.25, 0.3) is 0 Å². The minimum atomic E-state index is -0.356. The Bertz CT molecular complexity index is 656. The number of hydrogen-bond donors (Lipinski definition) is 0. The molecule has 0 saturated carbocycles. The molecule has 20 heavy (non-hydrogen) atoms. The number of pyridine rings is 1. The number of hydrogen-bond acceptors (Lipinski definition) is 4. The summed E-state index contributed by atoms with van der Waals surface area (Å²) in [6, 6.07) is 7.13. The third-order valence-corrected chi connectivity index (χ3v) is 3.23. The zero-order valence-electron chi connectivity index (χ0n) is 11.4. The molecule has 2 aromatic rings. The van der Waals surface area contributed by atoms with Crippen LogP contribution < -0.4 is 4.74 Å². The molecule has 0 atom stereocenters. The Morgan fingerprint density at radius 3 is 2.55 bits per heavy atom. The number of carbonyl (C=O) groups excluding carboxylic acids is 1. The van der Waals surface area contributed by atoms with Crippen molar-refractivity contribution in [1.29, 1.82) is 0 Å². The number of benzene rings is 1. The molecule has 1 aromatic heterocycles. The van der Waals surface area contributed by atoms with Crippen LogP contribution in [-0.4, -0.2) is 25.2 Å². The summed E-state index contributed by atoms with van der Waals surface area (Å²) >= 11 is 6.07. The standard InChI is InChI=1S/C15H14ClNO3/c1-9-6-10(15(18)20-3)4-5-12(9)11-7-13(16)14(19-2)17-8-11/h4-8H,1-3H3. The van der Waals surface area contributed by atoms with Crippen LogP contribution in [0.25, 0.3) is 11.1 Å². The first-order valence-corrected chi connectivity index (χ1v) is 6.33. The van der Waals surface area contributed by atoms with Gasteiger partial charge in [-0.25, -0.2) is 9.78 Å². The van der Waals surface area contributed by atoms with E-state index in [1.807, 2.05) is 13.0 Å². The van der Waals surface area contributed by atoms with Crippen LogP contribution in [0.15, 0.2) is 30.5 Å². The van der Waals surface area contributed by atoms with Gasteiger partial charge < -0.3 is 9.47 Å². The molecule has 0 aliphatic rings. The molecule has 0 aliphatic carbocycles. The normalized spacial score (nSPS) is 10.2. The Hall–Kier alpha value is -2.07. The third-order valence-electron chi connectivity index (χ3n) is 2.96. The first kappa shape index (κ1) is 14.3. The lowest BCUT2D eigenvalue weighted by molar-refractivity contribution is 0.0600. The van der Waals surface area contributed by atoms with Crippen LogP contribution in [-0.2, 0) is 4.74 Å². The van der Waals surface area contributed by atoms with Gasteiger partial charge in [0.2, 0.25) is 5.88 Å². The van der Waals surface area contributed by atoms with Crippen molar-refractivity contribution in [3.8, 4) is 17.0 Å². The van der Waals surface area contributed by atoms with Crippen molar-refractivity contribution < 1.29 is 14.3 Å². The molecule has 1 heterocycles. The molecular formula is C15H14ClNO3. The average molecular weight is 292 g/mol. The number of nitrogens with zero attached hydrogens (tertiary/aromatic N) is 1. The quantitative estimate of drug-likeness (QED) is 0.812. The molecule has 0 saturated heterocycles. The fourth-order valence-corrected chi connectivity index (χ4v) is 2.20. The summed E-state index contributed by atoms with van der Waals surface area (Å²) < 4.78 is 9.72. The van der Waals surface area contributed by atoms with Gasteiger partial charge in [-0.15, -0.1) is 0 Å². The fourth-order valence-electron chi connectivity index (χ4n) is 1.96. The highest BCUT2D eigenvalue weighted by atomic mass is 35.5. The number of aromatic nitrogens is 1. The van der Waals surface area contributed by atoms with Crippen LogP contribution in [0.5, 0.6) is 5.88 Å². The van der Waals surface area contributed by atoms with Crippen LogP contribution in [0.4, 0.5) is 0 Å². The molecule has 0 aliphatic heterocycles. The zero-order valence-corrected chi connectivity index (χ0v) is 12.2. The number of halogens is 1. The van der Waals surface area contributed by atoms with Gasteiger partial charge in [0.1, 0.15) is 5.02 Å². The number of esters is 1. The van der Waals surface area contributed by atoms with Gasteiger partial charge in [-0.2, -0.15) is 0 Å². The summed E-state index contributed by atoms with van der Waals surface area (Å²) in [6.45, 7) is 1.92. The summed E-state index contributed by atoms with van der Waals surface area (Å²) in [5.74, 6) is 0.0322. The summed E-state index contributed by atoms with van der Waals surface area (Å²) in [5.41, 5.74) is 3.27. The number of rotatable bonds is 3. The molecule has 1 aromatic carbocycles. The van der Waals surface area contributed by atoms with Crippen molar-refractivity contribution in [3.63, 3.8) is 0 Å². The zero-order chi connectivity index (χ0) is 14.7. The molecule has 104 valence electrons. The van der Waals surface area contributed by atoms with E-state index in [4.69, 9.17) is 21.1 Å². The highest BCUT2D eigenvalue weighted by molar-refractivity contribution is 6.32. The lowest BCUT2D eigenvalue weighted by Gasteiger charge is -2.09. The second kappa shape index (κ2) is 5.92. The van der Waals surface area contributed by atoms with E-state index in [2.05, 4.69) is 4.98 Å². The smallest absolute Gasteiger partial charge is 0.337 e. The van der Waals surface area contributed by atoms with Crippen molar-refractivity contribution in [2.75, 3.05) is 14.2 Å². The molecule has 0 radical (unpaired) electrons. The fraction of sp³-hybridized carbons (Fsp3) is 0.200. The van der Waals surface area contributed by atoms with Crippen molar-refractivity contribution in [2.24, 2.45) is 0 Å². The molecule has 0 bridgehead atoms. The lowest BCUT2D eigenvalue weighted by Crippen LogP contribution is -2.01. The van der Waals surface area contributed by atoms with Gasteiger partial charge in [-0.1, -0.05) is 17.7 Å². The molecule has 2 rings (SSSR count). The molecule has 0 fully saturated rings. The van der Waals surface area contributed by atoms with E-state index in [0.29, 0.717) is 16.5 Å². The van der Waals surface area contributed by atoms with Gasteiger partial charge in [0.05, 0.1) is 19.8 Å². The number of ether oxygens (including phenoxy) is 2. The third kappa shape index (κ3) is 2.75. The maximum Gasteiger partial charge on any atom is 0.337 e. The Kier molecular flexibility index (Phi) is 4.25. The molecule has 0 unspecified atom stereocenters. The summed E-state index contributed by atoms with van der Waals surface area (Å²) in [7, 11) is 2.88. The molecule has 0 N–H and O–H groups in total. The van der Waals surface area contributed by atoms with E-state index in [-0.39, 0.29) is 5.97 Å². The van der Waals surface area contributed by atoms with Gasteiger partial charge in [-0.3, -0.25) is 0 Å². The molecule has 0 spiro atoms. The van der Waals surface area contributed by atoms with Crippen LogP contribution in [0, 0.1) is 6.92 Å². The first-order valence-electron chi connectivity index (χ1n) is 5.95.